The number of aromatic nitrogens is 1. The average molecular weight is 258 g/mol. The summed E-state index contributed by atoms with van der Waals surface area (Å²) < 4.78 is 5.84. The molecule has 0 saturated heterocycles. The predicted molar refractivity (Wildman–Crippen MR) is 75.2 cm³/mol. The maximum atomic E-state index is 5.84. The highest BCUT2D eigenvalue weighted by Gasteiger charge is 2.65. The van der Waals surface area contributed by atoms with Crippen LogP contribution < -0.4 is 10.1 Å². The minimum absolute atomic E-state index is 0.194. The molecule has 19 heavy (non-hydrogen) atoms. The highest BCUT2D eigenvalue weighted by Crippen LogP contribution is 2.66. The van der Waals surface area contributed by atoms with Gasteiger partial charge in [-0.2, -0.15) is 0 Å². The molecule has 102 valence electrons. The second kappa shape index (κ2) is 4.12. The van der Waals surface area contributed by atoms with E-state index in [2.05, 4.69) is 24.1 Å². The molecule has 0 amide bonds. The summed E-state index contributed by atoms with van der Waals surface area (Å²) in [6.45, 7) is 4.12. The van der Waals surface area contributed by atoms with Crippen molar-refractivity contribution in [3.05, 3.63) is 18.3 Å². The molecule has 4 atom stereocenters. The van der Waals surface area contributed by atoms with Gasteiger partial charge in [-0.25, -0.2) is 4.98 Å². The minimum Gasteiger partial charge on any atom is -0.487 e. The fourth-order valence-corrected chi connectivity index (χ4v) is 4.52. The van der Waals surface area contributed by atoms with E-state index >= 15 is 0 Å². The van der Waals surface area contributed by atoms with Gasteiger partial charge in [-0.15, -0.1) is 0 Å². The molecular weight excluding hydrogens is 236 g/mol. The van der Waals surface area contributed by atoms with Crippen LogP contribution in [0.5, 0.6) is 5.75 Å². The molecule has 1 heterocycles. The van der Waals surface area contributed by atoms with E-state index in [1.54, 1.807) is 0 Å². The lowest BCUT2D eigenvalue weighted by Crippen LogP contribution is -2.15. The molecule has 4 unspecified atom stereocenters. The van der Waals surface area contributed by atoms with Gasteiger partial charge in [-0.1, -0.05) is 0 Å². The van der Waals surface area contributed by atoms with Crippen LogP contribution >= 0.6 is 0 Å². The van der Waals surface area contributed by atoms with Crippen LogP contribution in [0.4, 0.5) is 5.82 Å². The number of hydrogen-bond acceptors (Lipinski definition) is 3. The van der Waals surface area contributed by atoms with Gasteiger partial charge in [0.05, 0.1) is 6.10 Å². The Morgan fingerprint density at radius 1 is 1.26 bits per heavy atom. The van der Waals surface area contributed by atoms with Crippen LogP contribution in [0.2, 0.25) is 0 Å². The monoisotopic (exact) mass is 258 g/mol. The van der Waals surface area contributed by atoms with Gasteiger partial charge in [0.2, 0.25) is 0 Å². The zero-order valence-electron chi connectivity index (χ0n) is 11.7. The van der Waals surface area contributed by atoms with Gasteiger partial charge in [0.15, 0.2) is 11.6 Å². The van der Waals surface area contributed by atoms with E-state index in [-0.39, 0.29) is 6.10 Å². The second-order valence-corrected chi connectivity index (χ2v) is 6.67. The lowest BCUT2D eigenvalue weighted by molar-refractivity contribution is 0.242. The number of pyridine rings is 1. The summed E-state index contributed by atoms with van der Waals surface area (Å²) in [7, 11) is 0. The summed E-state index contributed by atoms with van der Waals surface area (Å²) >= 11 is 0. The lowest BCUT2D eigenvalue weighted by Gasteiger charge is -2.16. The Balaban J connectivity index is 1.49. The number of anilines is 1. The Kier molecular flexibility index (Phi) is 2.51. The first-order valence-corrected chi connectivity index (χ1v) is 7.62. The molecule has 2 bridgehead atoms. The van der Waals surface area contributed by atoms with E-state index in [4.69, 9.17) is 4.74 Å². The van der Waals surface area contributed by atoms with Gasteiger partial charge in [0.1, 0.15) is 0 Å². The zero-order valence-corrected chi connectivity index (χ0v) is 11.7. The summed E-state index contributed by atoms with van der Waals surface area (Å²) in [6, 6.07) is 4.62. The van der Waals surface area contributed by atoms with Crippen molar-refractivity contribution in [2.45, 2.75) is 45.3 Å². The molecule has 3 fully saturated rings. The molecule has 3 heteroatoms. The maximum Gasteiger partial charge on any atom is 0.169 e. The Hall–Kier alpha value is -1.25. The van der Waals surface area contributed by atoms with Gasteiger partial charge < -0.3 is 10.1 Å². The van der Waals surface area contributed by atoms with Crippen LogP contribution in [0, 0.1) is 23.7 Å². The van der Waals surface area contributed by atoms with Crippen LogP contribution in [0.1, 0.15) is 33.1 Å². The number of nitrogens with zero attached hydrogens (tertiary/aromatic N) is 1. The number of rotatable bonds is 4. The zero-order chi connectivity index (χ0) is 13.0. The standard InChI is InChI=1S/C16H22N2O/c1-9(2)19-12-4-3-7-17-16(12)18-15-13-10-5-6-11(8-10)14(13)15/h3-4,7,9-11,13-15H,5-6,8H2,1-2H3,(H,17,18). The fraction of sp³-hybridized carbons (Fsp3) is 0.688. The number of nitrogens with one attached hydrogen (secondary N) is 1. The third-order valence-electron chi connectivity index (χ3n) is 5.17. The summed E-state index contributed by atoms with van der Waals surface area (Å²) in [5.41, 5.74) is 0. The largest absolute Gasteiger partial charge is 0.487 e. The quantitative estimate of drug-likeness (QED) is 0.899. The molecule has 3 aliphatic carbocycles. The normalized spacial score (nSPS) is 38.4. The first-order chi connectivity index (χ1) is 9.24. The van der Waals surface area contributed by atoms with E-state index in [1.165, 1.54) is 19.3 Å². The molecule has 1 aromatic rings. The topological polar surface area (TPSA) is 34.1 Å². The third-order valence-corrected chi connectivity index (χ3v) is 5.17. The van der Waals surface area contributed by atoms with Crippen molar-refractivity contribution in [1.82, 2.24) is 4.98 Å². The van der Waals surface area contributed by atoms with Gasteiger partial charge in [0.25, 0.3) is 0 Å². The van der Waals surface area contributed by atoms with Crippen molar-refractivity contribution in [3.63, 3.8) is 0 Å². The number of ether oxygens (including phenoxy) is 1. The average Bonchev–Trinajstić information content (AvgIpc) is 2.79. The van der Waals surface area contributed by atoms with Gasteiger partial charge in [0, 0.05) is 12.2 Å². The minimum atomic E-state index is 0.194. The maximum absolute atomic E-state index is 5.84. The van der Waals surface area contributed by atoms with Crippen LogP contribution in [0.25, 0.3) is 0 Å². The smallest absolute Gasteiger partial charge is 0.169 e. The molecule has 0 spiro atoms. The van der Waals surface area contributed by atoms with Crippen molar-refractivity contribution < 1.29 is 4.74 Å². The van der Waals surface area contributed by atoms with Crippen molar-refractivity contribution in [1.29, 1.82) is 0 Å². The molecule has 1 aromatic heterocycles. The summed E-state index contributed by atoms with van der Waals surface area (Å²) in [5, 5.41) is 3.66. The van der Waals surface area contributed by atoms with E-state index < -0.39 is 0 Å². The molecular formula is C16H22N2O. The van der Waals surface area contributed by atoms with Crippen LogP contribution in [-0.4, -0.2) is 17.1 Å². The third kappa shape index (κ3) is 1.82. The molecule has 4 rings (SSSR count). The molecule has 3 aliphatic rings. The molecule has 0 aromatic carbocycles. The highest BCUT2D eigenvalue weighted by molar-refractivity contribution is 5.52. The summed E-state index contributed by atoms with van der Waals surface area (Å²) in [4.78, 5) is 4.47. The second-order valence-electron chi connectivity index (χ2n) is 6.67. The SMILES string of the molecule is CC(C)Oc1cccnc1NC1C2C3CCC(C3)C12. The summed E-state index contributed by atoms with van der Waals surface area (Å²) in [5.74, 6) is 5.67. The van der Waals surface area contributed by atoms with Gasteiger partial charge >= 0.3 is 0 Å². The first-order valence-electron chi connectivity index (χ1n) is 7.62. The van der Waals surface area contributed by atoms with E-state index in [0.717, 1.165) is 35.2 Å². The van der Waals surface area contributed by atoms with Crippen molar-refractivity contribution in [2.24, 2.45) is 23.7 Å². The fourth-order valence-electron chi connectivity index (χ4n) is 4.52. The molecule has 0 aliphatic heterocycles. The number of hydrogen-bond donors (Lipinski definition) is 1. The lowest BCUT2D eigenvalue weighted by atomic mass is 10.0. The predicted octanol–water partition coefficient (Wildman–Crippen LogP) is 3.33. The Bertz CT molecular complexity index is 471. The number of fused-ring (bicyclic) bond motifs is 5. The molecule has 1 N–H and O–H groups in total. The molecule has 3 nitrogen and oxygen atoms in total. The molecule has 0 radical (unpaired) electrons. The Morgan fingerprint density at radius 2 is 2.00 bits per heavy atom. The Morgan fingerprint density at radius 3 is 2.68 bits per heavy atom. The van der Waals surface area contributed by atoms with Crippen LogP contribution in [0.3, 0.4) is 0 Å². The first kappa shape index (κ1) is 11.6. The van der Waals surface area contributed by atoms with E-state index in [0.29, 0.717) is 6.04 Å². The van der Waals surface area contributed by atoms with E-state index in [9.17, 15) is 0 Å². The van der Waals surface area contributed by atoms with Gasteiger partial charge in [-0.05, 0) is 68.9 Å². The van der Waals surface area contributed by atoms with Crippen molar-refractivity contribution in [3.8, 4) is 5.75 Å². The van der Waals surface area contributed by atoms with Gasteiger partial charge in [-0.3, -0.25) is 0 Å². The Labute approximate surface area is 114 Å². The van der Waals surface area contributed by atoms with Crippen LogP contribution in [-0.2, 0) is 0 Å². The molecule has 3 saturated carbocycles. The summed E-state index contributed by atoms with van der Waals surface area (Å²) in [6.07, 6.45) is 6.45. The van der Waals surface area contributed by atoms with E-state index in [1.807, 2.05) is 18.3 Å². The van der Waals surface area contributed by atoms with Crippen molar-refractivity contribution in [2.75, 3.05) is 5.32 Å². The van der Waals surface area contributed by atoms with Crippen LogP contribution in [0.15, 0.2) is 18.3 Å². The van der Waals surface area contributed by atoms with Crippen molar-refractivity contribution >= 4 is 5.82 Å². The highest BCUT2D eigenvalue weighted by atomic mass is 16.5.